The molecule has 0 aromatic heterocycles. The number of hydrogen-bond donors (Lipinski definition) is 8. The molecule has 3 amide bonds. The summed E-state index contributed by atoms with van der Waals surface area (Å²) in [7, 11) is 0. The first-order valence-electron chi connectivity index (χ1n) is 11.2. The third kappa shape index (κ3) is 12.3. The number of amides is 3. The number of nitrogens with one attached hydrogen (secondary N) is 3. The molecular formula is C22H35N7O6S. The molecule has 1 aromatic rings. The average molecular weight is 526 g/mol. The Kier molecular flexibility index (Phi) is 13.7. The van der Waals surface area contributed by atoms with Gasteiger partial charge in [0.25, 0.3) is 0 Å². The monoisotopic (exact) mass is 525 g/mol. The SMILES string of the molecule is CSCCC(N)C(=O)NCC(=O)NC(Cc1ccc(O)cc1)C(=O)NC(CCCN=C(N)N)C(=O)O. The Labute approximate surface area is 213 Å². The van der Waals surface area contributed by atoms with Crippen LogP contribution in [0.15, 0.2) is 29.3 Å². The van der Waals surface area contributed by atoms with Crippen LogP contribution in [0, 0.1) is 0 Å². The van der Waals surface area contributed by atoms with E-state index in [1.165, 1.54) is 12.1 Å². The molecule has 36 heavy (non-hydrogen) atoms. The van der Waals surface area contributed by atoms with Gasteiger partial charge in [-0.25, -0.2) is 4.79 Å². The summed E-state index contributed by atoms with van der Waals surface area (Å²) in [5, 5.41) is 26.4. The van der Waals surface area contributed by atoms with Crippen LogP contribution in [0.2, 0.25) is 0 Å². The Morgan fingerprint density at radius 2 is 1.69 bits per heavy atom. The van der Waals surface area contributed by atoms with Crippen LogP contribution in [-0.2, 0) is 25.6 Å². The molecule has 0 aliphatic carbocycles. The van der Waals surface area contributed by atoms with Gasteiger partial charge in [0.15, 0.2) is 5.96 Å². The quantitative estimate of drug-likeness (QED) is 0.0687. The number of carboxylic acids is 1. The van der Waals surface area contributed by atoms with Gasteiger partial charge in [-0.2, -0.15) is 11.8 Å². The molecule has 0 spiro atoms. The van der Waals surface area contributed by atoms with Crippen LogP contribution in [0.4, 0.5) is 0 Å². The number of carboxylic acid groups (broad SMARTS) is 1. The highest BCUT2D eigenvalue weighted by molar-refractivity contribution is 7.98. The molecule has 0 aliphatic heterocycles. The van der Waals surface area contributed by atoms with Crippen LogP contribution in [0.1, 0.15) is 24.8 Å². The summed E-state index contributed by atoms with van der Waals surface area (Å²) in [4.78, 5) is 52.9. The minimum atomic E-state index is -1.26. The maximum atomic E-state index is 13.0. The van der Waals surface area contributed by atoms with Gasteiger partial charge >= 0.3 is 5.97 Å². The van der Waals surface area contributed by atoms with Crippen molar-refractivity contribution in [3.63, 3.8) is 0 Å². The minimum absolute atomic E-state index is 0.0133. The zero-order chi connectivity index (χ0) is 27.1. The zero-order valence-electron chi connectivity index (χ0n) is 20.1. The van der Waals surface area contributed by atoms with Crippen LogP contribution in [-0.4, -0.2) is 83.1 Å². The molecule has 3 atom stereocenters. The maximum Gasteiger partial charge on any atom is 0.326 e. The van der Waals surface area contributed by atoms with Gasteiger partial charge in [-0.1, -0.05) is 12.1 Å². The lowest BCUT2D eigenvalue weighted by Crippen LogP contribution is -2.54. The lowest BCUT2D eigenvalue weighted by molar-refractivity contribution is -0.142. The molecule has 11 N–H and O–H groups in total. The van der Waals surface area contributed by atoms with Crippen LogP contribution in [0.5, 0.6) is 5.75 Å². The fourth-order valence-electron chi connectivity index (χ4n) is 3.03. The van der Waals surface area contributed by atoms with Crippen molar-refractivity contribution in [1.29, 1.82) is 0 Å². The average Bonchev–Trinajstić information content (AvgIpc) is 2.83. The number of aliphatic carboxylic acids is 1. The standard InChI is InChI=1S/C22H35N7O6S/c1-36-10-8-15(23)19(32)27-12-18(31)28-17(11-13-4-6-14(30)7-5-13)20(33)29-16(21(34)35)3-2-9-26-22(24)25/h4-7,15-17,30H,2-3,8-12,23H2,1H3,(H,27,32)(H,28,31)(H,29,33)(H,34,35)(H4,24,25,26). The molecule has 13 nitrogen and oxygen atoms in total. The second-order valence-electron chi connectivity index (χ2n) is 7.94. The van der Waals surface area contributed by atoms with E-state index in [2.05, 4.69) is 20.9 Å². The van der Waals surface area contributed by atoms with E-state index in [0.717, 1.165) is 0 Å². The van der Waals surface area contributed by atoms with Crippen molar-refractivity contribution in [2.24, 2.45) is 22.2 Å². The van der Waals surface area contributed by atoms with Crippen molar-refractivity contribution < 1.29 is 29.4 Å². The number of guanidine groups is 1. The first-order chi connectivity index (χ1) is 17.0. The molecular weight excluding hydrogens is 490 g/mol. The second kappa shape index (κ2) is 16.2. The van der Waals surface area contributed by atoms with Crippen LogP contribution >= 0.6 is 11.8 Å². The summed E-state index contributed by atoms with van der Waals surface area (Å²) in [6, 6.07) is 2.83. The Morgan fingerprint density at radius 1 is 1.03 bits per heavy atom. The van der Waals surface area contributed by atoms with Crippen LogP contribution in [0.25, 0.3) is 0 Å². The van der Waals surface area contributed by atoms with Gasteiger partial charge in [-0.05, 0) is 49.0 Å². The summed E-state index contributed by atoms with van der Waals surface area (Å²) in [5.41, 5.74) is 16.9. The van der Waals surface area contributed by atoms with Gasteiger partial charge in [0.05, 0.1) is 12.6 Å². The van der Waals surface area contributed by atoms with E-state index in [9.17, 15) is 29.4 Å². The first-order valence-corrected chi connectivity index (χ1v) is 12.6. The van der Waals surface area contributed by atoms with E-state index in [-0.39, 0.29) is 31.1 Å². The number of benzene rings is 1. The number of phenols is 1. The molecule has 1 aromatic carbocycles. The number of hydrogen-bond acceptors (Lipinski definition) is 8. The van der Waals surface area contributed by atoms with Gasteiger partial charge < -0.3 is 43.4 Å². The van der Waals surface area contributed by atoms with Crippen molar-refractivity contribution in [1.82, 2.24) is 16.0 Å². The number of aromatic hydroxyl groups is 1. The zero-order valence-corrected chi connectivity index (χ0v) is 20.9. The number of carbonyl (C=O) groups excluding carboxylic acids is 3. The highest BCUT2D eigenvalue weighted by Gasteiger charge is 2.27. The number of phenolic OH excluding ortho intramolecular Hbond substituents is 1. The molecule has 0 radical (unpaired) electrons. The highest BCUT2D eigenvalue weighted by atomic mass is 32.2. The third-order valence-electron chi connectivity index (χ3n) is 4.98. The number of nitrogens with zero attached hydrogens (tertiary/aromatic N) is 1. The van der Waals surface area contributed by atoms with Crippen molar-refractivity contribution in [2.45, 2.75) is 43.8 Å². The van der Waals surface area contributed by atoms with Crippen molar-refractivity contribution >= 4 is 41.4 Å². The summed E-state index contributed by atoms with van der Waals surface area (Å²) >= 11 is 1.54. The van der Waals surface area contributed by atoms with Gasteiger partial charge in [-0.15, -0.1) is 0 Å². The lowest BCUT2D eigenvalue weighted by Gasteiger charge is -2.22. The van der Waals surface area contributed by atoms with Crippen molar-refractivity contribution in [2.75, 3.05) is 25.1 Å². The van der Waals surface area contributed by atoms with Crippen molar-refractivity contribution in [3.05, 3.63) is 29.8 Å². The Hall–Kier alpha value is -3.52. The van der Waals surface area contributed by atoms with Crippen LogP contribution in [0.3, 0.4) is 0 Å². The first kappa shape index (κ1) is 30.5. The fraction of sp³-hybridized carbons (Fsp3) is 0.500. The van der Waals surface area contributed by atoms with Crippen LogP contribution < -0.4 is 33.2 Å². The molecule has 0 aliphatic rings. The second-order valence-corrected chi connectivity index (χ2v) is 8.93. The molecule has 3 unspecified atom stereocenters. The third-order valence-corrected chi connectivity index (χ3v) is 5.62. The number of thioether (sulfide) groups is 1. The summed E-state index contributed by atoms with van der Waals surface area (Å²) in [5.74, 6) is -2.55. The number of carbonyl (C=O) groups is 4. The number of rotatable bonds is 16. The summed E-state index contributed by atoms with van der Waals surface area (Å²) in [6.45, 7) is -0.222. The van der Waals surface area contributed by atoms with Gasteiger partial charge in [-0.3, -0.25) is 19.4 Å². The molecule has 0 heterocycles. The molecule has 0 bridgehead atoms. The fourth-order valence-corrected chi connectivity index (χ4v) is 3.52. The summed E-state index contributed by atoms with van der Waals surface area (Å²) < 4.78 is 0. The van der Waals surface area contributed by atoms with Gasteiger partial charge in [0.1, 0.15) is 17.8 Å². The molecule has 0 fully saturated rings. The highest BCUT2D eigenvalue weighted by Crippen LogP contribution is 2.12. The van der Waals surface area contributed by atoms with E-state index in [1.807, 2.05) is 6.26 Å². The van der Waals surface area contributed by atoms with E-state index >= 15 is 0 Å². The largest absolute Gasteiger partial charge is 0.508 e. The van der Waals surface area contributed by atoms with Gasteiger partial charge in [0.2, 0.25) is 17.7 Å². The Bertz CT molecular complexity index is 909. The Balaban J connectivity index is 2.85. The topological polar surface area (TPSA) is 235 Å². The molecule has 0 saturated heterocycles. The molecule has 14 heteroatoms. The van der Waals surface area contributed by atoms with E-state index < -0.39 is 48.4 Å². The normalized spacial score (nSPS) is 13.1. The number of aliphatic imine (C=N–C) groups is 1. The summed E-state index contributed by atoms with van der Waals surface area (Å²) in [6.07, 6.45) is 2.70. The Morgan fingerprint density at radius 3 is 2.28 bits per heavy atom. The molecule has 1 rings (SSSR count). The lowest BCUT2D eigenvalue weighted by atomic mass is 10.0. The molecule has 0 saturated carbocycles. The molecule has 200 valence electrons. The van der Waals surface area contributed by atoms with Crippen molar-refractivity contribution in [3.8, 4) is 5.75 Å². The van der Waals surface area contributed by atoms with E-state index in [1.54, 1.807) is 23.9 Å². The predicted octanol–water partition coefficient (Wildman–Crippen LogP) is -1.76. The van der Waals surface area contributed by atoms with E-state index in [0.29, 0.717) is 24.2 Å². The van der Waals surface area contributed by atoms with E-state index in [4.69, 9.17) is 17.2 Å². The smallest absolute Gasteiger partial charge is 0.326 e. The van der Waals surface area contributed by atoms with Gasteiger partial charge in [0, 0.05) is 13.0 Å². The maximum absolute atomic E-state index is 13.0. The predicted molar refractivity (Wildman–Crippen MR) is 137 cm³/mol. The number of nitrogens with two attached hydrogens (primary N) is 3. The minimum Gasteiger partial charge on any atom is -0.508 e.